The highest BCUT2D eigenvalue weighted by molar-refractivity contribution is 5.44. The molecule has 1 aromatic heterocycles. The topological polar surface area (TPSA) is 16.1 Å². The van der Waals surface area contributed by atoms with Crippen LogP contribution in [0, 0.1) is 11.8 Å². The molecular formula is C12H18N2. The van der Waals surface area contributed by atoms with Crippen LogP contribution in [0.25, 0.3) is 0 Å². The Kier molecular flexibility index (Phi) is 2.71. The van der Waals surface area contributed by atoms with Gasteiger partial charge in [0.2, 0.25) is 0 Å². The summed E-state index contributed by atoms with van der Waals surface area (Å²) in [5.74, 6) is 1.61. The zero-order chi connectivity index (χ0) is 9.97. The first-order chi connectivity index (χ1) is 6.75. The second-order valence-electron chi connectivity index (χ2n) is 4.56. The number of hydrogen-bond acceptors (Lipinski definition) is 2. The molecule has 76 valence electrons. The van der Waals surface area contributed by atoms with Gasteiger partial charge in [0.05, 0.1) is 11.9 Å². The normalized spacial score (nSPS) is 27.7. The van der Waals surface area contributed by atoms with Crippen molar-refractivity contribution in [2.24, 2.45) is 11.8 Å². The quantitative estimate of drug-likeness (QED) is 0.676. The van der Waals surface area contributed by atoms with Gasteiger partial charge in [0.1, 0.15) is 0 Å². The minimum absolute atomic E-state index is 0.805. The fourth-order valence-corrected chi connectivity index (χ4v) is 2.41. The Morgan fingerprint density at radius 3 is 2.57 bits per heavy atom. The molecule has 1 aliphatic heterocycles. The predicted molar refractivity (Wildman–Crippen MR) is 59.4 cm³/mol. The number of hydrogen-bond donors (Lipinski definition) is 0. The SMILES string of the molecule is CC1CC(C)CN(c2cccnc2)C1. The number of pyridine rings is 1. The fourth-order valence-electron chi connectivity index (χ4n) is 2.41. The van der Waals surface area contributed by atoms with Crippen LogP contribution in [0.15, 0.2) is 24.5 Å². The summed E-state index contributed by atoms with van der Waals surface area (Å²) in [6, 6.07) is 4.16. The molecule has 0 aliphatic carbocycles. The summed E-state index contributed by atoms with van der Waals surface area (Å²) in [4.78, 5) is 6.62. The van der Waals surface area contributed by atoms with Crippen molar-refractivity contribution in [1.29, 1.82) is 0 Å². The number of aromatic nitrogens is 1. The van der Waals surface area contributed by atoms with Gasteiger partial charge in [-0.3, -0.25) is 4.98 Å². The van der Waals surface area contributed by atoms with Gasteiger partial charge in [-0.1, -0.05) is 13.8 Å². The van der Waals surface area contributed by atoms with Crippen molar-refractivity contribution >= 4 is 5.69 Å². The third-order valence-electron chi connectivity index (χ3n) is 2.88. The van der Waals surface area contributed by atoms with Crippen molar-refractivity contribution < 1.29 is 0 Å². The van der Waals surface area contributed by atoms with E-state index in [0.29, 0.717) is 0 Å². The first-order valence-corrected chi connectivity index (χ1v) is 5.40. The number of anilines is 1. The molecule has 2 heterocycles. The second kappa shape index (κ2) is 3.99. The molecule has 14 heavy (non-hydrogen) atoms. The van der Waals surface area contributed by atoms with Crippen molar-refractivity contribution in [2.45, 2.75) is 20.3 Å². The van der Waals surface area contributed by atoms with Crippen LogP contribution < -0.4 is 4.90 Å². The van der Waals surface area contributed by atoms with Gasteiger partial charge < -0.3 is 4.90 Å². The average molecular weight is 190 g/mol. The minimum Gasteiger partial charge on any atom is -0.370 e. The lowest BCUT2D eigenvalue weighted by Gasteiger charge is -2.36. The molecule has 1 saturated heterocycles. The number of nitrogens with zero attached hydrogens (tertiary/aromatic N) is 2. The molecule has 0 N–H and O–H groups in total. The molecule has 0 bridgehead atoms. The lowest BCUT2D eigenvalue weighted by molar-refractivity contribution is 0.357. The van der Waals surface area contributed by atoms with Gasteiger partial charge in [-0.25, -0.2) is 0 Å². The maximum atomic E-state index is 4.17. The molecule has 2 heteroatoms. The highest BCUT2D eigenvalue weighted by Crippen LogP contribution is 2.25. The molecular weight excluding hydrogens is 172 g/mol. The van der Waals surface area contributed by atoms with Crippen molar-refractivity contribution in [1.82, 2.24) is 4.98 Å². The Morgan fingerprint density at radius 2 is 2.00 bits per heavy atom. The van der Waals surface area contributed by atoms with E-state index in [-0.39, 0.29) is 0 Å². The molecule has 0 saturated carbocycles. The van der Waals surface area contributed by atoms with Crippen LogP contribution in [-0.2, 0) is 0 Å². The highest BCUT2D eigenvalue weighted by atomic mass is 15.1. The van der Waals surface area contributed by atoms with Crippen LogP contribution in [0.5, 0.6) is 0 Å². The van der Waals surface area contributed by atoms with Crippen molar-refractivity contribution in [3.05, 3.63) is 24.5 Å². The molecule has 1 fully saturated rings. The number of rotatable bonds is 1. The number of piperidine rings is 1. The van der Waals surface area contributed by atoms with E-state index in [1.165, 1.54) is 25.2 Å². The van der Waals surface area contributed by atoms with Crippen molar-refractivity contribution in [3.8, 4) is 0 Å². The van der Waals surface area contributed by atoms with Crippen molar-refractivity contribution in [2.75, 3.05) is 18.0 Å². The Morgan fingerprint density at radius 1 is 1.29 bits per heavy atom. The maximum Gasteiger partial charge on any atom is 0.0552 e. The summed E-state index contributed by atoms with van der Waals surface area (Å²) in [7, 11) is 0. The maximum absolute atomic E-state index is 4.17. The molecule has 0 spiro atoms. The summed E-state index contributed by atoms with van der Waals surface area (Å²) in [5.41, 5.74) is 1.27. The molecule has 1 aliphatic rings. The monoisotopic (exact) mass is 190 g/mol. The largest absolute Gasteiger partial charge is 0.370 e. The zero-order valence-electron chi connectivity index (χ0n) is 8.98. The van der Waals surface area contributed by atoms with E-state index in [1.807, 2.05) is 18.5 Å². The van der Waals surface area contributed by atoms with E-state index in [4.69, 9.17) is 0 Å². The van der Waals surface area contributed by atoms with E-state index in [0.717, 1.165) is 11.8 Å². The lowest BCUT2D eigenvalue weighted by atomic mass is 9.92. The van der Waals surface area contributed by atoms with E-state index in [2.05, 4.69) is 29.8 Å². The molecule has 0 amide bonds. The third-order valence-corrected chi connectivity index (χ3v) is 2.88. The van der Waals surface area contributed by atoms with Gasteiger partial charge in [0.15, 0.2) is 0 Å². The molecule has 1 aromatic rings. The van der Waals surface area contributed by atoms with E-state index < -0.39 is 0 Å². The smallest absolute Gasteiger partial charge is 0.0552 e. The first kappa shape index (κ1) is 9.50. The zero-order valence-corrected chi connectivity index (χ0v) is 8.98. The van der Waals surface area contributed by atoms with E-state index in [9.17, 15) is 0 Å². The predicted octanol–water partition coefficient (Wildman–Crippen LogP) is 2.56. The van der Waals surface area contributed by atoms with Gasteiger partial charge in [-0.2, -0.15) is 0 Å². The van der Waals surface area contributed by atoms with Crippen molar-refractivity contribution in [3.63, 3.8) is 0 Å². The Bertz CT molecular complexity index is 274. The Labute approximate surface area is 86.0 Å². The standard InChI is InChI=1S/C12H18N2/c1-10-6-11(2)9-14(8-10)12-4-3-5-13-7-12/h3-5,7,10-11H,6,8-9H2,1-2H3. The molecule has 2 atom stereocenters. The van der Waals surface area contributed by atoms with E-state index >= 15 is 0 Å². The first-order valence-electron chi connectivity index (χ1n) is 5.40. The third kappa shape index (κ3) is 2.06. The van der Waals surface area contributed by atoms with Gasteiger partial charge in [0, 0.05) is 19.3 Å². The van der Waals surface area contributed by atoms with Crippen LogP contribution in [0.2, 0.25) is 0 Å². The van der Waals surface area contributed by atoms with Crippen LogP contribution in [0.1, 0.15) is 20.3 Å². The van der Waals surface area contributed by atoms with Crippen LogP contribution >= 0.6 is 0 Å². The fraction of sp³-hybridized carbons (Fsp3) is 0.583. The summed E-state index contributed by atoms with van der Waals surface area (Å²) < 4.78 is 0. The average Bonchev–Trinajstić information content (AvgIpc) is 2.18. The molecule has 2 rings (SSSR count). The molecule has 0 aromatic carbocycles. The second-order valence-corrected chi connectivity index (χ2v) is 4.56. The van der Waals surface area contributed by atoms with Gasteiger partial charge in [-0.15, -0.1) is 0 Å². The lowest BCUT2D eigenvalue weighted by Crippen LogP contribution is -2.38. The molecule has 2 unspecified atom stereocenters. The summed E-state index contributed by atoms with van der Waals surface area (Å²) >= 11 is 0. The van der Waals surface area contributed by atoms with Crippen LogP contribution in [0.3, 0.4) is 0 Å². The van der Waals surface area contributed by atoms with Crippen LogP contribution in [-0.4, -0.2) is 18.1 Å². The Hall–Kier alpha value is -1.05. The summed E-state index contributed by atoms with van der Waals surface area (Å²) in [6.07, 6.45) is 5.15. The minimum atomic E-state index is 0.805. The van der Waals surface area contributed by atoms with Crippen LogP contribution in [0.4, 0.5) is 5.69 Å². The summed E-state index contributed by atoms with van der Waals surface area (Å²) in [6.45, 7) is 7.02. The van der Waals surface area contributed by atoms with E-state index in [1.54, 1.807) is 0 Å². The van der Waals surface area contributed by atoms with Gasteiger partial charge >= 0.3 is 0 Å². The molecule has 2 nitrogen and oxygen atoms in total. The highest BCUT2D eigenvalue weighted by Gasteiger charge is 2.21. The summed E-state index contributed by atoms with van der Waals surface area (Å²) in [5, 5.41) is 0. The Balaban J connectivity index is 2.11. The van der Waals surface area contributed by atoms with Gasteiger partial charge in [-0.05, 0) is 30.4 Å². The van der Waals surface area contributed by atoms with Gasteiger partial charge in [0.25, 0.3) is 0 Å². The molecule has 0 radical (unpaired) electrons.